The van der Waals surface area contributed by atoms with E-state index in [1.54, 1.807) is 0 Å². The number of hydrogen-bond donors (Lipinski definition) is 1. The smallest absolute Gasteiger partial charge is 0.0858 e. The van der Waals surface area contributed by atoms with E-state index in [1.165, 1.54) is 3.57 Å². The molecule has 0 aliphatic heterocycles. The van der Waals surface area contributed by atoms with E-state index in [0.29, 0.717) is 0 Å². The summed E-state index contributed by atoms with van der Waals surface area (Å²) in [6, 6.07) is 15.7. The molecule has 0 spiro atoms. The first kappa shape index (κ1) is 12.0. The number of benzene rings is 2. The molecule has 0 bridgehead atoms. The summed E-state index contributed by atoms with van der Waals surface area (Å²) < 4.78 is 1.19. The molecule has 0 fully saturated rings. The molecule has 3 nitrogen and oxygen atoms in total. The van der Waals surface area contributed by atoms with Crippen LogP contribution in [-0.2, 0) is 0 Å². The molecular formula is C13H12IN3. The normalized spacial score (nSPS) is 10.7. The second kappa shape index (κ2) is 5.77. The lowest BCUT2D eigenvalue weighted by atomic mass is 10.3. The van der Waals surface area contributed by atoms with Gasteiger partial charge in [-0.05, 0) is 71.1 Å². The zero-order valence-electron chi connectivity index (χ0n) is 9.39. The summed E-state index contributed by atoms with van der Waals surface area (Å²) in [5, 5.41) is 11.4. The van der Waals surface area contributed by atoms with E-state index >= 15 is 0 Å². The van der Waals surface area contributed by atoms with Crippen molar-refractivity contribution >= 4 is 39.7 Å². The van der Waals surface area contributed by atoms with Crippen LogP contribution in [0.3, 0.4) is 0 Å². The van der Waals surface area contributed by atoms with Gasteiger partial charge in [-0.25, -0.2) is 0 Å². The summed E-state index contributed by atoms with van der Waals surface area (Å²) in [7, 11) is 1.89. The predicted octanol–water partition coefficient (Wildman–Crippen LogP) is 4.75. The number of anilines is 1. The van der Waals surface area contributed by atoms with Crippen molar-refractivity contribution in [3.8, 4) is 0 Å². The van der Waals surface area contributed by atoms with Gasteiger partial charge in [-0.15, -0.1) is 0 Å². The number of halogens is 1. The topological polar surface area (TPSA) is 36.8 Å². The molecule has 0 atom stereocenters. The van der Waals surface area contributed by atoms with E-state index in [2.05, 4.69) is 38.1 Å². The highest BCUT2D eigenvalue weighted by atomic mass is 127. The molecule has 0 unspecified atom stereocenters. The Morgan fingerprint density at radius 2 is 1.29 bits per heavy atom. The molecule has 0 saturated carbocycles. The van der Waals surface area contributed by atoms with Gasteiger partial charge in [0, 0.05) is 16.3 Å². The summed E-state index contributed by atoms with van der Waals surface area (Å²) in [5.74, 6) is 0. The zero-order chi connectivity index (χ0) is 12.1. The minimum atomic E-state index is 0.850. The molecule has 4 heteroatoms. The monoisotopic (exact) mass is 337 g/mol. The molecule has 17 heavy (non-hydrogen) atoms. The van der Waals surface area contributed by atoms with Crippen LogP contribution in [0.25, 0.3) is 0 Å². The van der Waals surface area contributed by atoms with Gasteiger partial charge in [-0.2, -0.15) is 10.2 Å². The average molecular weight is 337 g/mol. The third-order valence-electron chi connectivity index (χ3n) is 2.26. The van der Waals surface area contributed by atoms with Crippen LogP contribution < -0.4 is 5.32 Å². The molecule has 0 aliphatic rings. The van der Waals surface area contributed by atoms with E-state index in [0.717, 1.165) is 17.1 Å². The van der Waals surface area contributed by atoms with E-state index in [4.69, 9.17) is 0 Å². The Bertz CT molecular complexity index is 503. The summed E-state index contributed by atoms with van der Waals surface area (Å²) in [6.07, 6.45) is 0. The highest BCUT2D eigenvalue weighted by Gasteiger charge is 1.92. The van der Waals surface area contributed by atoms with Crippen LogP contribution in [0.2, 0.25) is 0 Å². The quantitative estimate of drug-likeness (QED) is 0.637. The molecular weight excluding hydrogens is 325 g/mol. The maximum absolute atomic E-state index is 4.18. The SMILES string of the molecule is CNc1ccc(N=Nc2ccc(I)cc2)cc1. The highest BCUT2D eigenvalue weighted by Crippen LogP contribution is 2.20. The number of rotatable bonds is 3. The molecule has 1 N–H and O–H groups in total. The minimum Gasteiger partial charge on any atom is -0.388 e. The van der Waals surface area contributed by atoms with Gasteiger partial charge in [0.2, 0.25) is 0 Å². The standard InChI is InChI=1S/C13H12IN3/c1-15-11-6-8-13(9-7-11)17-16-12-4-2-10(14)3-5-12/h2-9,15H,1H3. The first-order valence-corrected chi connectivity index (χ1v) is 6.31. The van der Waals surface area contributed by atoms with Crippen LogP contribution in [0.15, 0.2) is 58.8 Å². The average Bonchev–Trinajstić information content (AvgIpc) is 2.39. The van der Waals surface area contributed by atoms with E-state index < -0.39 is 0 Å². The number of nitrogens with zero attached hydrogens (tertiary/aromatic N) is 2. The van der Waals surface area contributed by atoms with Gasteiger partial charge in [0.05, 0.1) is 11.4 Å². The fourth-order valence-corrected chi connectivity index (χ4v) is 1.68. The van der Waals surface area contributed by atoms with Crippen molar-refractivity contribution in [1.82, 2.24) is 0 Å². The Balaban J connectivity index is 2.11. The van der Waals surface area contributed by atoms with Gasteiger partial charge >= 0.3 is 0 Å². The first-order chi connectivity index (χ1) is 8.28. The Morgan fingerprint density at radius 1 is 0.824 bits per heavy atom. The third kappa shape index (κ3) is 3.52. The Labute approximate surface area is 114 Å². The van der Waals surface area contributed by atoms with Crippen LogP contribution in [0.4, 0.5) is 17.1 Å². The van der Waals surface area contributed by atoms with E-state index in [9.17, 15) is 0 Å². The first-order valence-electron chi connectivity index (χ1n) is 5.23. The van der Waals surface area contributed by atoms with Crippen LogP contribution in [-0.4, -0.2) is 7.05 Å². The Kier molecular flexibility index (Phi) is 4.08. The molecule has 86 valence electrons. The van der Waals surface area contributed by atoms with Crippen molar-refractivity contribution in [2.45, 2.75) is 0 Å². The fourth-order valence-electron chi connectivity index (χ4n) is 1.32. The van der Waals surface area contributed by atoms with Gasteiger partial charge < -0.3 is 5.32 Å². The molecule has 0 saturated heterocycles. The van der Waals surface area contributed by atoms with Crippen molar-refractivity contribution in [3.05, 3.63) is 52.1 Å². The van der Waals surface area contributed by atoms with E-state index in [-0.39, 0.29) is 0 Å². The van der Waals surface area contributed by atoms with Crippen LogP contribution in [0.5, 0.6) is 0 Å². The van der Waals surface area contributed by atoms with Gasteiger partial charge in [-0.1, -0.05) is 0 Å². The number of azo groups is 1. The zero-order valence-corrected chi connectivity index (χ0v) is 11.5. The molecule has 0 amide bonds. The molecule has 0 radical (unpaired) electrons. The summed E-state index contributed by atoms with van der Waals surface area (Å²) in [4.78, 5) is 0. The minimum absolute atomic E-state index is 0.850. The number of hydrogen-bond acceptors (Lipinski definition) is 3. The lowest BCUT2D eigenvalue weighted by Gasteiger charge is -1.98. The maximum Gasteiger partial charge on any atom is 0.0858 e. The molecule has 0 aromatic heterocycles. The predicted molar refractivity (Wildman–Crippen MR) is 79.3 cm³/mol. The summed E-state index contributed by atoms with van der Waals surface area (Å²) in [6.45, 7) is 0. The van der Waals surface area contributed by atoms with E-state index in [1.807, 2.05) is 55.6 Å². The maximum atomic E-state index is 4.18. The fraction of sp³-hybridized carbons (Fsp3) is 0.0769. The lowest BCUT2D eigenvalue weighted by molar-refractivity contribution is 1.23. The van der Waals surface area contributed by atoms with Gasteiger partial charge in [0.15, 0.2) is 0 Å². The van der Waals surface area contributed by atoms with Crippen LogP contribution >= 0.6 is 22.6 Å². The molecule has 2 aromatic rings. The Hall–Kier alpha value is -1.43. The third-order valence-corrected chi connectivity index (χ3v) is 2.98. The molecule has 0 aliphatic carbocycles. The van der Waals surface area contributed by atoms with Crippen LogP contribution in [0, 0.1) is 3.57 Å². The molecule has 2 aromatic carbocycles. The van der Waals surface area contributed by atoms with Crippen molar-refractivity contribution in [3.63, 3.8) is 0 Å². The van der Waals surface area contributed by atoms with Crippen molar-refractivity contribution in [1.29, 1.82) is 0 Å². The van der Waals surface area contributed by atoms with Gasteiger partial charge in [-0.3, -0.25) is 0 Å². The summed E-state index contributed by atoms with van der Waals surface area (Å²) in [5.41, 5.74) is 2.78. The van der Waals surface area contributed by atoms with Gasteiger partial charge in [0.1, 0.15) is 0 Å². The highest BCUT2D eigenvalue weighted by molar-refractivity contribution is 14.1. The second-order valence-electron chi connectivity index (χ2n) is 3.47. The summed E-state index contributed by atoms with van der Waals surface area (Å²) >= 11 is 2.26. The van der Waals surface area contributed by atoms with Crippen molar-refractivity contribution in [2.75, 3.05) is 12.4 Å². The molecule has 2 rings (SSSR count). The lowest BCUT2D eigenvalue weighted by Crippen LogP contribution is -1.84. The molecule has 0 heterocycles. The number of nitrogens with one attached hydrogen (secondary N) is 1. The van der Waals surface area contributed by atoms with Crippen LogP contribution in [0.1, 0.15) is 0 Å². The second-order valence-corrected chi connectivity index (χ2v) is 4.72. The Morgan fingerprint density at radius 3 is 1.76 bits per heavy atom. The van der Waals surface area contributed by atoms with Crippen molar-refractivity contribution < 1.29 is 0 Å². The van der Waals surface area contributed by atoms with Crippen molar-refractivity contribution in [2.24, 2.45) is 10.2 Å². The largest absolute Gasteiger partial charge is 0.388 e. The van der Waals surface area contributed by atoms with Gasteiger partial charge in [0.25, 0.3) is 0 Å².